The van der Waals surface area contributed by atoms with Gasteiger partial charge in [-0.15, -0.1) is 0 Å². The van der Waals surface area contributed by atoms with Gasteiger partial charge < -0.3 is 5.73 Å². The number of anilines is 1. The van der Waals surface area contributed by atoms with Crippen molar-refractivity contribution < 1.29 is 0 Å². The standard InChI is InChI=1S/C17H23N3/c1-2-13-10-14(8-9-17(13)18)15-11-19-20(12-15)16-6-4-3-5-7-16/h8-12,16H,2-7,18H2,1H3. The number of nitrogens with two attached hydrogens (primary N) is 1. The molecule has 1 aromatic carbocycles. The first-order valence-electron chi connectivity index (χ1n) is 7.71. The van der Waals surface area contributed by atoms with Crippen molar-refractivity contribution in [2.45, 2.75) is 51.5 Å². The van der Waals surface area contributed by atoms with Gasteiger partial charge in [-0.05, 0) is 42.5 Å². The van der Waals surface area contributed by atoms with Gasteiger partial charge >= 0.3 is 0 Å². The van der Waals surface area contributed by atoms with Gasteiger partial charge in [-0.1, -0.05) is 32.3 Å². The summed E-state index contributed by atoms with van der Waals surface area (Å²) in [6.45, 7) is 2.14. The fourth-order valence-electron chi connectivity index (χ4n) is 3.12. The average molecular weight is 269 g/mol. The Morgan fingerprint density at radius 2 is 2.00 bits per heavy atom. The molecule has 1 fully saturated rings. The number of nitrogen functional groups attached to an aromatic ring is 1. The third-order valence-corrected chi connectivity index (χ3v) is 4.41. The predicted octanol–water partition coefficient (Wildman–Crippen LogP) is 4.20. The summed E-state index contributed by atoms with van der Waals surface area (Å²) in [5.41, 5.74) is 10.5. The molecule has 0 amide bonds. The topological polar surface area (TPSA) is 43.8 Å². The summed E-state index contributed by atoms with van der Waals surface area (Å²) in [4.78, 5) is 0. The average Bonchev–Trinajstić information content (AvgIpc) is 2.98. The van der Waals surface area contributed by atoms with Crippen LogP contribution in [-0.4, -0.2) is 9.78 Å². The van der Waals surface area contributed by atoms with Crippen LogP contribution in [0.1, 0.15) is 50.6 Å². The van der Waals surface area contributed by atoms with Gasteiger partial charge in [0.1, 0.15) is 0 Å². The lowest BCUT2D eigenvalue weighted by Gasteiger charge is -2.21. The number of aromatic nitrogens is 2. The van der Waals surface area contributed by atoms with Crippen molar-refractivity contribution in [2.24, 2.45) is 0 Å². The highest BCUT2D eigenvalue weighted by atomic mass is 15.3. The first-order chi connectivity index (χ1) is 9.78. The SMILES string of the molecule is CCc1cc(-c2cnn(C3CCCCC3)c2)ccc1N. The van der Waals surface area contributed by atoms with Crippen molar-refractivity contribution >= 4 is 5.69 Å². The van der Waals surface area contributed by atoms with Gasteiger partial charge in [0, 0.05) is 17.4 Å². The van der Waals surface area contributed by atoms with E-state index in [0.29, 0.717) is 6.04 Å². The maximum absolute atomic E-state index is 5.98. The third kappa shape index (κ3) is 2.58. The molecule has 1 heterocycles. The highest BCUT2D eigenvalue weighted by Crippen LogP contribution is 2.30. The first kappa shape index (κ1) is 13.2. The molecule has 0 spiro atoms. The van der Waals surface area contributed by atoms with E-state index in [1.165, 1.54) is 48.8 Å². The van der Waals surface area contributed by atoms with E-state index in [2.05, 4.69) is 35.0 Å². The smallest absolute Gasteiger partial charge is 0.0568 e. The zero-order valence-corrected chi connectivity index (χ0v) is 12.2. The number of hydrogen-bond acceptors (Lipinski definition) is 2. The Hall–Kier alpha value is -1.77. The van der Waals surface area contributed by atoms with Crippen LogP contribution in [0.2, 0.25) is 0 Å². The van der Waals surface area contributed by atoms with E-state index in [-0.39, 0.29) is 0 Å². The van der Waals surface area contributed by atoms with Crippen LogP contribution in [0, 0.1) is 0 Å². The third-order valence-electron chi connectivity index (χ3n) is 4.41. The number of rotatable bonds is 3. The molecule has 3 rings (SSSR count). The van der Waals surface area contributed by atoms with Crippen LogP contribution in [0.25, 0.3) is 11.1 Å². The van der Waals surface area contributed by atoms with Crippen molar-refractivity contribution in [2.75, 3.05) is 5.73 Å². The highest BCUT2D eigenvalue weighted by molar-refractivity contribution is 5.66. The van der Waals surface area contributed by atoms with Gasteiger partial charge in [0.2, 0.25) is 0 Å². The first-order valence-corrected chi connectivity index (χ1v) is 7.71. The van der Waals surface area contributed by atoms with Crippen LogP contribution < -0.4 is 5.73 Å². The second-order valence-electron chi connectivity index (χ2n) is 5.77. The Morgan fingerprint density at radius 1 is 1.20 bits per heavy atom. The molecule has 1 saturated carbocycles. The molecular formula is C17H23N3. The Labute approximate surface area is 120 Å². The largest absolute Gasteiger partial charge is 0.399 e. The van der Waals surface area contributed by atoms with Crippen LogP contribution in [0.3, 0.4) is 0 Å². The summed E-state index contributed by atoms with van der Waals surface area (Å²) in [5.74, 6) is 0. The minimum absolute atomic E-state index is 0.594. The second kappa shape index (κ2) is 5.70. The fourth-order valence-corrected chi connectivity index (χ4v) is 3.12. The number of aryl methyl sites for hydroxylation is 1. The van der Waals surface area contributed by atoms with E-state index < -0.39 is 0 Å². The van der Waals surface area contributed by atoms with Crippen LogP contribution in [0.4, 0.5) is 5.69 Å². The Balaban J connectivity index is 1.85. The second-order valence-corrected chi connectivity index (χ2v) is 5.77. The monoisotopic (exact) mass is 269 g/mol. The van der Waals surface area contributed by atoms with Gasteiger partial charge in [-0.25, -0.2) is 0 Å². The molecule has 0 unspecified atom stereocenters. The van der Waals surface area contributed by atoms with Crippen LogP contribution in [-0.2, 0) is 6.42 Å². The molecule has 20 heavy (non-hydrogen) atoms. The van der Waals surface area contributed by atoms with Gasteiger partial charge in [0.25, 0.3) is 0 Å². The van der Waals surface area contributed by atoms with E-state index >= 15 is 0 Å². The van der Waals surface area contributed by atoms with E-state index in [0.717, 1.165) is 12.1 Å². The zero-order chi connectivity index (χ0) is 13.9. The van der Waals surface area contributed by atoms with Crippen molar-refractivity contribution in [3.8, 4) is 11.1 Å². The van der Waals surface area contributed by atoms with Crippen molar-refractivity contribution in [3.63, 3.8) is 0 Å². The van der Waals surface area contributed by atoms with Crippen LogP contribution >= 0.6 is 0 Å². The molecule has 0 radical (unpaired) electrons. The molecule has 1 aliphatic rings. The van der Waals surface area contributed by atoms with Crippen LogP contribution in [0.5, 0.6) is 0 Å². The van der Waals surface area contributed by atoms with E-state index in [1.54, 1.807) is 0 Å². The Kier molecular flexibility index (Phi) is 3.77. The molecule has 3 nitrogen and oxygen atoms in total. The van der Waals surface area contributed by atoms with Gasteiger partial charge in [-0.2, -0.15) is 5.10 Å². The Bertz CT molecular complexity index is 580. The molecule has 0 aliphatic heterocycles. The van der Waals surface area contributed by atoms with E-state index in [4.69, 9.17) is 5.73 Å². The molecule has 2 aromatic rings. The highest BCUT2D eigenvalue weighted by Gasteiger charge is 2.16. The molecule has 0 bridgehead atoms. The van der Waals surface area contributed by atoms with Gasteiger partial charge in [-0.3, -0.25) is 4.68 Å². The fraction of sp³-hybridized carbons (Fsp3) is 0.471. The van der Waals surface area contributed by atoms with E-state index in [1.807, 2.05) is 12.3 Å². The lowest BCUT2D eigenvalue weighted by Crippen LogP contribution is -2.12. The number of hydrogen-bond donors (Lipinski definition) is 1. The lowest BCUT2D eigenvalue weighted by atomic mass is 9.96. The van der Waals surface area contributed by atoms with Crippen molar-refractivity contribution in [1.82, 2.24) is 9.78 Å². The van der Waals surface area contributed by atoms with Gasteiger partial charge in [0.05, 0.1) is 12.2 Å². The maximum Gasteiger partial charge on any atom is 0.0568 e. The number of nitrogens with zero attached hydrogens (tertiary/aromatic N) is 2. The molecule has 0 atom stereocenters. The van der Waals surface area contributed by atoms with Crippen molar-refractivity contribution in [3.05, 3.63) is 36.2 Å². The summed E-state index contributed by atoms with van der Waals surface area (Å²) >= 11 is 0. The summed E-state index contributed by atoms with van der Waals surface area (Å²) in [6, 6.07) is 6.89. The molecule has 0 saturated heterocycles. The molecule has 2 N–H and O–H groups in total. The summed E-state index contributed by atoms with van der Waals surface area (Å²) in [5, 5.41) is 4.58. The Morgan fingerprint density at radius 3 is 2.75 bits per heavy atom. The molecule has 1 aromatic heterocycles. The minimum atomic E-state index is 0.594. The summed E-state index contributed by atoms with van der Waals surface area (Å²) in [6.07, 6.45) is 11.7. The van der Waals surface area contributed by atoms with Crippen molar-refractivity contribution in [1.29, 1.82) is 0 Å². The molecule has 3 heteroatoms. The van der Waals surface area contributed by atoms with E-state index in [9.17, 15) is 0 Å². The maximum atomic E-state index is 5.98. The minimum Gasteiger partial charge on any atom is -0.399 e. The summed E-state index contributed by atoms with van der Waals surface area (Å²) in [7, 11) is 0. The zero-order valence-electron chi connectivity index (χ0n) is 12.2. The molecule has 106 valence electrons. The number of benzene rings is 1. The van der Waals surface area contributed by atoms with Gasteiger partial charge in [0.15, 0.2) is 0 Å². The predicted molar refractivity (Wildman–Crippen MR) is 83.6 cm³/mol. The lowest BCUT2D eigenvalue weighted by molar-refractivity contribution is 0.329. The molecular weight excluding hydrogens is 246 g/mol. The quantitative estimate of drug-likeness (QED) is 0.849. The summed E-state index contributed by atoms with van der Waals surface area (Å²) < 4.78 is 2.16. The van der Waals surface area contributed by atoms with Crippen LogP contribution in [0.15, 0.2) is 30.6 Å². The molecule has 1 aliphatic carbocycles. The normalized spacial score (nSPS) is 16.4.